The first-order valence-electron chi connectivity index (χ1n) is 33.7. The lowest BCUT2D eigenvalue weighted by molar-refractivity contribution is -0.139. The maximum Gasteiger partial charge on any atom is 0.419 e. The molecule has 18 rings (SSSR count). The van der Waals surface area contributed by atoms with E-state index in [-0.39, 0.29) is 66.6 Å². The minimum atomic E-state index is -5.51. The monoisotopic (exact) mass is 1430 g/mol. The Kier molecular flexibility index (Phi) is 15.7. The van der Waals surface area contributed by atoms with E-state index in [4.69, 9.17) is 0 Å². The Bertz CT molecular complexity index is 5830. The molecule has 0 aliphatic carbocycles. The Balaban J connectivity index is 0.977. The highest BCUT2D eigenvalue weighted by Crippen LogP contribution is 2.57. The topological polar surface area (TPSA) is 16.2 Å². The van der Waals surface area contributed by atoms with Gasteiger partial charge >= 0.3 is 12.4 Å². The third kappa shape index (κ3) is 10.5. The lowest BCUT2D eigenvalue weighted by atomic mass is 9.30. The average molecular weight is 1430 g/mol. The van der Waals surface area contributed by atoms with Crippen LogP contribution < -0.4 is 57.3 Å². The third-order valence-corrected chi connectivity index (χ3v) is 21.3. The maximum absolute atomic E-state index is 18.3. The summed E-state index contributed by atoms with van der Waals surface area (Å²) in [7, 11) is 0. The number of anilines is 15. The minimum absolute atomic E-state index is 0.0116. The van der Waals surface area contributed by atoms with Gasteiger partial charge in [-0.1, -0.05) is 199 Å². The molecule has 0 spiro atoms. The van der Waals surface area contributed by atoms with Gasteiger partial charge in [0.15, 0.2) is 0 Å². The van der Waals surface area contributed by atoms with Gasteiger partial charge in [-0.15, -0.1) is 0 Å². The zero-order chi connectivity index (χ0) is 72.6. The van der Waals surface area contributed by atoms with E-state index in [0.29, 0.717) is 39.7 Å². The van der Waals surface area contributed by atoms with Crippen molar-refractivity contribution in [1.82, 2.24) is 0 Å². The number of hydrogen-bond acceptors (Lipinski definition) is 6. The van der Waals surface area contributed by atoms with Crippen LogP contribution in [0.25, 0.3) is 22.3 Å². The van der Waals surface area contributed by atoms with Crippen molar-refractivity contribution in [2.24, 2.45) is 0 Å². The van der Waals surface area contributed by atoms with Gasteiger partial charge in [-0.2, -0.15) is 26.3 Å². The molecule has 0 saturated carbocycles. The fraction of sp³-hybridized carbons (Fsp3) is 0.0233. The van der Waals surface area contributed by atoms with Crippen LogP contribution in [0, 0.1) is 34.9 Å². The molecule has 0 fully saturated rings. The zero-order valence-corrected chi connectivity index (χ0v) is 55.9. The molecular formula is C86H49B2F12N5S. The summed E-state index contributed by atoms with van der Waals surface area (Å²) in [5, 5.41) is 0. The largest absolute Gasteiger partial charge is 0.419 e. The van der Waals surface area contributed by atoms with Crippen LogP contribution in [-0.2, 0) is 12.4 Å². The molecule has 4 aliphatic rings. The second-order valence-corrected chi connectivity index (χ2v) is 27.1. The molecule has 4 heterocycles. The van der Waals surface area contributed by atoms with E-state index in [9.17, 15) is 0 Å². The Labute approximate surface area is 604 Å². The fourth-order valence-electron chi connectivity index (χ4n) is 15.9. The van der Waals surface area contributed by atoms with Crippen molar-refractivity contribution in [3.05, 3.63) is 343 Å². The van der Waals surface area contributed by atoms with Crippen molar-refractivity contribution in [1.29, 1.82) is 0 Å². The van der Waals surface area contributed by atoms with Crippen molar-refractivity contribution in [3.8, 4) is 22.3 Å². The van der Waals surface area contributed by atoms with Crippen molar-refractivity contribution < 1.29 is 52.7 Å². The van der Waals surface area contributed by atoms with E-state index in [0.717, 1.165) is 98.8 Å². The van der Waals surface area contributed by atoms with Crippen LogP contribution in [0.5, 0.6) is 0 Å². The molecule has 14 aromatic carbocycles. The Morgan fingerprint density at radius 2 is 0.736 bits per heavy atom. The zero-order valence-electron chi connectivity index (χ0n) is 55.1. The van der Waals surface area contributed by atoms with Crippen LogP contribution in [-0.4, -0.2) is 13.4 Å². The van der Waals surface area contributed by atoms with Crippen LogP contribution in [0.2, 0.25) is 0 Å². The Hall–Kier alpha value is -12.3. The van der Waals surface area contributed by atoms with Crippen molar-refractivity contribution in [2.75, 3.05) is 24.5 Å². The molecule has 0 saturated heterocycles. The molecule has 0 radical (unpaired) electrons. The van der Waals surface area contributed by atoms with Crippen LogP contribution in [0.15, 0.2) is 307 Å². The molecule has 4 aliphatic heterocycles. The smallest absolute Gasteiger partial charge is 0.310 e. The number of hydrogen-bond donors (Lipinski definition) is 0. The van der Waals surface area contributed by atoms with Crippen LogP contribution in [0.1, 0.15) is 11.1 Å². The fourth-order valence-corrected chi connectivity index (χ4v) is 17.2. The van der Waals surface area contributed by atoms with Gasteiger partial charge in [-0.25, -0.2) is 26.3 Å². The first-order chi connectivity index (χ1) is 51.4. The number of halogens is 12. The van der Waals surface area contributed by atoms with Crippen molar-refractivity contribution in [3.63, 3.8) is 0 Å². The summed E-state index contributed by atoms with van der Waals surface area (Å²) in [5.74, 6) is -6.39. The van der Waals surface area contributed by atoms with Crippen molar-refractivity contribution in [2.45, 2.75) is 22.1 Å². The predicted molar refractivity (Wildman–Crippen MR) is 400 cm³/mol. The number of alkyl halides is 6. The number of rotatable bonds is 11. The molecule has 0 N–H and O–H groups in total. The van der Waals surface area contributed by atoms with E-state index >= 15 is 52.7 Å². The van der Waals surface area contributed by atoms with Gasteiger partial charge in [0.05, 0.1) is 33.9 Å². The average Bonchev–Trinajstić information content (AvgIpc) is 0.676. The van der Waals surface area contributed by atoms with Crippen LogP contribution in [0.4, 0.5) is 138 Å². The van der Waals surface area contributed by atoms with Gasteiger partial charge in [0.1, 0.15) is 52.0 Å². The molecule has 5 nitrogen and oxygen atoms in total. The summed E-state index contributed by atoms with van der Waals surface area (Å²) < 4.78 is 207. The Morgan fingerprint density at radius 3 is 1.29 bits per heavy atom. The molecule has 20 heteroatoms. The molecule has 514 valence electrons. The first kappa shape index (κ1) is 65.7. The lowest BCUT2D eigenvalue weighted by Crippen LogP contribution is -2.65. The lowest BCUT2D eigenvalue weighted by Gasteiger charge is -2.47. The second-order valence-electron chi connectivity index (χ2n) is 26.0. The molecule has 0 bridgehead atoms. The summed E-state index contributed by atoms with van der Waals surface area (Å²) in [5.41, 5.74) is -1.24. The molecule has 0 unspecified atom stereocenters. The number of para-hydroxylation sites is 8. The standard InChI is InChI=1S/C86H49B2F12N5S/c89-63-31-18-32-64(90)81(63)102(53-25-8-3-9-26-53)55-45-73-78-74(46-55)104(82-65(91)33-19-34-66(82)92)71-39-16-12-29-59(71)87(78)61-49-62-84(77(86(98,99)100)80(61)103(73)70-38-15-11-28-58(70)85(95,96)97)106-76-48-56(47-75-79(76)88(62)60-30-13-17-40-72(60)105(75)83-67(93)35-20-36-68(83)94)101(54-43-41-51(42-44-54)50-21-4-1-5-22-50)69-37-14-10-27-57(69)52-23-6-2-7-24-52/h1-49H. The quantitative estimate of drug-likeness (QED) is 0.0941. The number of fused-ring (bicyclic) bond motifs is 8. The van der Waals surface area contributed by atoms with Crippen LogP contribution in [0.3, 0.4) is 0 Å². The molecule has 106 heavy (non-hydrogen) atoms. The van der Waals surface area contributed by atoms with Gasteiger partial charge < -0.3 is 24.5 Å². The highest BCUT2D eigenvalue weighted by atomic mass is 32.2. The van der Waals surface area contributed by atoms with Gasteiger partial charge in [-0.3, -0.25) is 0 Å². The Morgan fingerprint density at radius 1 is 0.302 bits per heavy atom. The molecule has 0 atom stereocenters. The highest BCUT2D eigenvalue weighted by Gasteiger charge is 2.54. The number of benzene rings is 14. The summed E-state index contributed by atoms with van der Waals surface area (Å²) >= 11 is 0.692. The molecule has 14 aromatic rings. The molecular weight excluding hydrogens is 1380 g/mol. The van der Waals surface area contributed by atoms with Crippen molar-refractivity contribution >= 4 is 143 Å². The summed E-state index contributed by atoms with van der Waals surface area (Å²) in [6.07, 6.45) is -10.8. The van der Waals surface area contributed by atoms with Crippen LogP contribution >= 0.6 is 11.8 Å². The van der Waals surface area contributed by atoms with E-state index in [1.165, 1.54) is 52.3 Å². The maximum atomic E-state index is 18.3. The summed E-state index contributed by atoms with van der Waals surface area (Å²) in [6.45, 7) is -2.72. The SMILES string of the molecule is Fc1cccc(F)c1N(c1ccccc1)c1cc2c3c(c1)N(c1ccccc1C(F)(F)F)c1c(cc4c(c1C(F)(F)F)Sc1cc(N(c5ccc(-c6ccccc6)cc5)c5ccccc5-c5ccccc5)cc5c1B4c1ccccc1N5c1c(F)cccc1F)B3c1ccccc1N2c1c(F)cccc1F. The molecule has 0 amide bonds. The van der Waals surface area contributed by atoms with E-state index in [2.05, 4.69) is 0 Å². The first-order valence-corrected chi connectivity index (χ1v) is 34.6. The van der Waals surface area contributed by atoms with Gasteiger partial charge in [-0.05, 0) is 159 Å². The third-order valence-electron chi connectivity index (χ3n) is 20.1. The second kappa shape index (κ2) is 25.3. The number of nitrogens with zero attached hydrogens (tertiary/aromatic N) is 5. The summed E-state index contributed by atoms with van der Waals surface area (Å²) in [4.78, 5) is 6.30. The van der Waals surface area contributed by atoms with Gasteiger partial charge in [0.2, 0.25) is 6.71 Å². The van der Waals surface area contributed by atoms with Gasteiger partial charge in [0, 0.05) is 60.9 Å². The van der Waals surface area contributed by atoms with E-state index in [1.54, 1.807) is 78.9 Å². The summed E-state index contributed by atoms with van der Waals surface area (Å²) in [6, 6.07) is 76.5. The minimum Gasteiger partial charge on any atom is -0.310 e. The molecule has 0 aromatic heterocycles. The highest BCUT2D eigenvalue weighted by molar-refractivity contribution is 8.00. The van der Waals surface area contributed by atoms with E-state index in [1.807, 2.05) is 114 Å². The normalized spacial score (nSPS) is 13.2. The predicted octanol–water partition coefficient (Wildman–Crippen LogP) is 21.7. The van der Waals surface area contributed by atoms with Gasteiger partial charge in [0.25, 0.3) is 6.71 Å². The van der Waals surface area contributed by atoms with E-state index < -0.39 is 105 Å².